The molecule has 0 aliphatic heterocycles. The topological polar surface area (TPSA) is 29.9 Å². The number of hydrogen-bond acceptors (Lipinski definition) is 2. The van der Waals surface area contributed by atoms with Crippen LogP contribution < -0.4 is 5.32 Å². The third-order valence-electron chi connectivity index (χ3n) is 3.15. The number of anilines is 2. The minimum atomic E-state index is 0.597. The molecule has 0 radical (unpaired) electrons. The molecule has 1 N–H and O–H groups in total. The number of aryl methyl sites for hydroxylation is 2. The zero-order valence-corrected chi connectivity index (χ0v) is 14.2. The number of imidazole rings is 1. The zero-order chi connectivity index (χ0) is 14.7. The summed E-state index contributed by atoms with van der Waals surface area (Å²) in [7, 11) is 0. The van der Waals surface area contributed by atoms with Gasteiger partial charge in [-0.05, 0) is 43.0 Å². The van der Waals surface area contributed by atoms with Crippen molar-refractivity contribution >= 4 is 27.6 Å². The van der Waals surface area contributed by atoms with Crippen LogP contribution in [0.1, 0.15) is 32.0 Å². The Balaban J connectivity index is 2.30. The molecule has 108 valence electrons. The molecule has 0 amide bonds. The molecular formula is C16H22BrN3. The molecule has 0 aliphatic rings. The lowest BCUT2D eigenvalue weighted by Crippen LogP contribution is -2.08. The molecule has 0 atom stereocenters. The van der Waals surface area contributed by atoms with E-state index >= 15 is 0 Å². The molecule has 1 aromatic carbocycles. The van der Waals surface area contributed by atoms with Crippen LogP contribution in [0.25, 0.3) is 0 Å². The van der Waals surface area contributed by atoms with Crippen molar-refractivity contribution in [3.63, 3.8) is 0 Å². The van der Waals surface area contributed by atoms with Gasteiger partial charge in [-0.15, -0.1) is 0 Å². The van der Waals surface area contributed by atoms with E-state index in [4.69, 9.17) is 0 Å². The summed E-state index contributed by atoms with van der Waals surface area (Å²) in [5.41, 5.74) is 3.46. The van der Waals surface area contributed by atoms with E-state index in [9.17, 15) is 0 Å². The third-order valence-corrected chi connectivity index (χ3v) is 3.65. The Morgan fingerprint density at radius 1 is 1.35 bits per heavy atom. The van der Waals surface area contributed by atoms with Crippen molar-refractivity contribution in [2.75, 3.05) is 5.32 Å². The van der Waals surface area contributed by atoms with Crippen LogP contribution in [0.2, 0.25) is 0 Å². The Hall–Kier alpha value is -1.29. The average molecular weight is 336 g/mol. The lowest BCUT2D eigenvalue weighted by Gasteiger charge is -2.14. The fourth-order valence-electron chi connectivity index (χ4n) is 2.28. The average Bonchev–Trinajstić information content (AvgIpc) is 2.70. The molecular weight excluding hydrogens is 314 g/mol. The number of aromatic nitrogens is 2. The maximum absolute atomic E-state index is 4.60. The Morgan fingerprint density at radius 3 is 2.75 bits per heavy atom. The first-order chi connectivity index (χ1) is 9.49. The second-order valence-electron chi connectivity index (χ2n) is 5.53. The number of nitrogens with one attached hydrogen (secondary N) is 1. The van der Waals surface area contributed by atoms with E-state index in [0.29, 0.717) is 5.92 Å². The van der Waals surface area contributed by atoms with Crippen LogP contribution in [0.15, 0.2) is 28.9 Å². The fraction of sp³-hybridized carbons (Fsp3) is 0.438. The van der Waals surface area contributed by atoms with Gasteiger partial charge in [-0.3, -0.25) is 0 Å². The van der Waals surface area contributed by atoms with Crippen LogP contribution in [0.3, 0.4) is 0 Å². The maximum Gasteiger partial charge on any atom is 0.207 e. The van der Waals surface area contributed by atoms with Crippen LogP contribution in [-0.4, -0.2) is 9.55 Å². The van der Waals surface area contributed by atoms with Crippen molar-refractivity contribution in [3.8, 4) is 0 Å². The zero-order valence-electron chi connectivity index (χ0n) is 12.6. The van der Waals surface area contributed by atoms with Crippen LogP contribution in [-0.2, 0) is 13.0 Å². The fourth-order valence-corrected chi connectivity index (χ4v) is 2.68. The van der Waals surface area contributed by atoms with Crippen molar-refractivity contribution in [1.82, 2.24) is 9.55 Å². The Bertz CT molecular complexity index is 587. The van der Waals surface area contributed by atoms with E-state index in [-0.39, 0.29) is 0 Å². The van der Waals surface area contributed by atoms with Crippen LogP contribution >= 0.6 is 15.9 Å². The highest BCUT2D eigenvalue weighted by Gasteiger charge is 2.09. The lowest BCUT2D eigenvalue weighted by atomic mass is 10.1. The SMILES string of the molecule is CCc1cc(Br)ccc1Nc1nc(C)cn1CC(C)C. The first kappa shape index (κ1) is 15.1. The quantitative estimate of drug-likeness (QED) is 0.840. The summed E-state index contributed by atoms with van der Waals surface area (Å²) in [6.07, 6.45) is 3.10. The monoisotopic (exact) mass is 335 g/mol. The molecule has 0 bridgehead atoms. The van der Waals surface area contributed by atoms with Crippen LogP contribution in [0, 0.1) is 12.8 Å². The predicted molar refractivity (Wildman–Crippen MR) is 88.6 cm³/mol. The smallest absolute Gasteiger partial charge is 0.207 e. The van der Waals surface area contributed by atoms with Crippen molar-refractivity contribution in [2.24, 2.45) is 5.92 Å². The molecule has 2 rings (SSSR count). The second-order valence-corrected chi connectivity index (χ2v) is 6.45. The van der Waals surface area contributed by atoms with Crippen LogP contribution in [0.5, 0.6) is 0 Å². The minimum Gasteiger partial charge on any atom is -0.325 e. The number of rotatable bonds is 5. The third kappa shape index (κ3) is 3.63. The Labute approximate surface area is 129 Å². The molecule has 0 spiro atoms. The second kappa shape index (κ2) is 6.44. The normalized spacial score (nSPS) is 11.1. The molecule has 2 aromatic rings. The number of halogens is 1. The molecule has 4 heteroatoms. The van der Waals surface area contributed by atoms with Crippen molar-refractivity contribution in [2.45, 2.75) is 40.7 Å². The lowest BCUT2D eigenvalue weighted by molar-refractivity contribution is 0.527. The highest BCUT2D eigenvalue weighted by molar-refractivity contribution is 9.10. The summed E-state index contributed by atoms with van der Waals surface area (Å²) in [5, 5.41) is 3.48. The van der Waals surface area contributed by atoms with E-state index < -0.39 is 0 Å². The number of benzene rings is 1. The van der Waals surface area contributed by atoms with E-state index in [1.54, 1.807) is 0 Å². The Morgan fingerprint density at radius 2 is 2.10 bits per heavy atom. The first-order valence-corrected chi connectivity index (χ1v) is 7.88. The van der Waals surface area contributed by atoms with Gasteiger partial charge in [0.2, 0.25) is 5.95 Å². The first-order valence-electron chi connectivity index (χ1n) is 7.08. The van der Waals surface area contributed by atoms with Gasteiger partial charge in [0, 0.05) is 22.9 Å². The minimum absolute atomic E-state index is 0.597. The van der Waals surface area contributed by atoms with Gasteiger partial charge in [0.25, 0.3) is 0 Å². The number of nitrogens with zero attached hydrogens (tertiary/aromatic N) is 2. The molecule has 0 saturated heterocycles. The molecule has 1 heterocycles. The van der Waals surface area contributed by atoms with E-state index in [0.717, 1.165) is 34.8 Å². The van der Waals surface area contributed by atoms with Gasteiger partial charge in [0.15, 0.2) is 0 Å². The predicted octanol–water partition coefficient (Wildman–Crippen LogP) is 4.92. The van der Waals surface area contributed by atoms with Gasteiger partial charge in [0.05, 0.1) is 5.69 Å². The summed E-state index contributed by atoms with van der Waals surface area (Å²) < 4.78 is 3.31. The maximum atomic E-state index is 4.60. The molecule has 20 heavy (non-hydrogen) atoms. The highest BCUT2D eigenvalue weighted by atomic mass is 79.9. The summed E-state index contributed by atoms with van der Waals surface area (Å²) >= 11 is 3.53. The summed E-state index contributed by atoms with van der Waals surface area (Å²) in [6, 6.07) is 6.32. The number of hydrogen-bond donors (Lipinski definition) is 1. The summed E-state index contributed by atoms with van der Waals surface area (Å²) in [4.78, 5) is 4.60. The molecule has 0 unspecified atom stereocenters. The molecule has 1 aromatic heterocycles. The van der Waals surface area contributed by atoms with Gasteiger partial charge in [-0.1, -0.05) is 36.7 Å². The van der Waals surface area contributed by atoms with Crippen molar-refractivity contribution in [1.29, 1.82) is 0 Å². The van der Waals surface area contributed by atoms with E-state index in [2.05, 4.69) is 76.0 Å². The highest BCUT2D eigenvalue weighted by Crippen LogP contribution is 2.25. The van der Waals surface area contributed by atoms with E-state index in [1.807, 2.05) is 6.92 Å². The summed E-state index contributed by atoms with van der Waals surface area (Å²) in [6.45, 7) is 9.61. The molecule has 0 fully saturated rings. The van der Waals surface area contributed by atoms with Gasteiger partial charge in [-0.2, -0.15) is 0 Å². The van der Waals surface area contributed by atoms with Gasteiger partial charge in [0.1, 0.15) is 0 Å². The van der Waals surface area contributed by atoms with Crippen LogP contribution in [0.4, 0.5) is 11.6 Å². The van der Waals surface area contributed by atoms with E-state index in [1.165, 1.54) is 5.56 Å². The summed E-state index contributed by atoms with van der Waals surface area (Å²) in [5.74, 6) is 1.52. The van der Waals surface area contributed by atoms with Crippen molar-refractivity contribution < 1.29 is 0 Å². The Kier molecular flexibility index (Phi) is 4.86. The van der Waals surface area contributed by atoms with Gasteiger partial charge < -0.3 is 9.88 Å². The van der Waals surface area contributed by atoms with Gasteiger partial charge >= 0.3 is 0 Å². The molecule has 0 saturated carbocycles. The molecule has 0 aliphatic carbocycles. The van der Waals surface area contributed by atoms with Crippen molar-refractivity contribution in [3.05, 3.63) is 40.1 Å². The standard InChI is InChI=1S/C16H22BrN3/c1-5-13-8-14(17)6-7-15(13)19-16-18-12(4)10-20(16)9-11(2)3/h6-8,10-11H,5,9H2,1-4H3,(H,18,19). The largest absolute Gasteiger partial charge is 0.325 e. The van der Waals surface area contributed by atoms with Gasteiger partial charge in [-0.25, -0.2) is 4.98 Å². The molecule has 3 nitrogen and oxygen atoms in total.